The molecule has 6 nitrogen and oxygen atoms in total. The molecule has 6 heteroatoms. The van der Waals surface area contributed by atoms with E-state index in [2.05, 4.69) is 15.6 Å². The molecule has 2 amide bonds. The van der Waals surface area contributed by atoms with Crippen molar-refractivity contribution in [1.82, 2.24) is 10.3 Å². The standard InChI is InChI=1S/C15H15N3O3/c1-21-12-7-3-2-6-11(12)10-17-14(19)15(20)18-13-8-4-5-9-16-13/h2-9H,10H2,1H3,(H,17,19)(H,16,18,20). The van der Waals surface area contributed by atoms with E-state index in [0.29, 0.717) is 11.6 Å². The fourth-order valence-corrected chi connectivity index (χ4v) is 1.71. The molecule has 1 aromatic heterocycles. The number of aromatic nitrogens is 1. The predicted molar refractivity (Wildman–Crippen MR) is 77.7 cm³/mol. The zero-order valence-electron chi connectivity index (χ0n) is 11.5. The van der Waals surface area contributed by atoms with Gasteiger partial charge in [-0.15, -0.1) is 0 Å². The Labute approximate surface area is 122 Å². The zero-order chi connectivity index (χ0) is 15.1. The van der Waals surface area contributed by atoms with Gasteiger partial charge < -0.3 is 15.4 Å². The molecule has 0 bridgehead atoms. The minimum Gasteiger partial charge on any atom is -0.496 e. The average molecular weight is 285 g/mol. The highest BCUT2D eigenvalue weighted by Crippen LogP contribution is 2.16. The molecule has 0 aliphatic carbocycles. The third-order valence-electron chi connectivity index (χ3n) is 2.74. The Hall–Kier alpha value is -2.89. The molecule has 2 N–H and O–H groups in total. The lowest BCUT2D eigenvalue weighted by Crippen LogP contribution is -2.35. The molecule has 108 valence electrons. The van der Waals surface area contributed by atoms with Gasteiger partial charge in [-0.05, 0) is 18.2 Å². The van der Waals surface area contributed by atoms with E-state index in [0.717, 1.165) is 5.56 Å². The van der Waals surface area contributed by atoms with Gasteiger partial charge in [0, 0.05) is 18.3 Å². The molecule has 0 saturated heterocycles. The van der Waals surface area contributed by atoms with Crippen molar-refractivity contribution in [3.8, 4) is 5.75 Å². The van der Waals surface area contributed by atoms with Gasteiger partial charge in [-0.3, -0.25) is 9.59 Å². The van der Waals surface area contributed by atoms with Gasteiger partial charge in [-0.2, -0.15) is 0 Å². The fourth-order valence-electron chi connectivity index (χ4n) is 1.71. The van der Waals surface area contributed by atoms with Crippen LogP contribution in [0, 0.1) is 0 Å². The van der Waals surface area contributed by atoms with Gasteiger partial charge in [0.25, 0.3) is 0 Å². The number of amides is 2. The first-order valence-corrected chi connectivity index (χ1v) is 6.33. The Morgan fingerprint density at radius 3 is 2.57 bits per heavy atom. The van der Waals surface area contributed by atoms with Crippen molar-refractivity contribution in [2.45, 2.75) is 6.54 Å². The second-order valence-corrected chi connectivity index (χ2v) is 4.16. The number of ether oxygens (including phenoxy) is 1. The Bertz CT molecular complexity index is 629. The minimum atomic E-state index is -0.761. The number of para-hydroxylation sites is 1. The number of anilines is 1. The van der Waals surface area contributed by atoms with Crippen LogP contribution in [0.3, 0.4) is 0 Å². The maximum absolute atomic E-state index is 11.7. The van der Waals surface area contributed by atoms with Crippen molar-refractivity contribution in [1.29, 1.82) is 0 Å². The number of nitrogens with one attached hydrogen (secondary N) is 2. The van der Waals surface area contributed by atoms with E-state index in [4.69, 9.17) is 4.74 Å². The first-order valence-electron chi connectivity index (χ1n) is 6.33. The van der Waals surface area contributed by atoms with Crippen LogP contribution in [0.4, 0.5) is 5.82 Å². The van der Waals surface area contributed by atoms with Crippen LogP contribution in [0.15, 0.2) is 48.7 Å². The topological polar surface area (TPSA) is 80.3 Å². The van der Waals surface area contributed by atoms with Gasteiger partial charge in [0.2, 0.25) is 0 Å². The maximum Gasteiger partial charge on any atom is 0.314 e. The number of rotatable bonds is 4. The summed E-state index contributed by atoms with van der Waals surface area (Å²) in [6.07, 6.45) is 1.53. The molecule has 0 saturated carbocycles. The van der Waals surface area contributed by atoms with E-state index >= 15 is 0 Å². The van der Waals surface area contributed by atoms with E-state index in [-0.39, 0.29) is 6.54 Å². The van der Waals surface area contributed by atoms with Crippen LogP contribution in [-0.4, -0.2) is 23.9 Å². The van der Waals surface area contributed by atoms with Crippen molar-refractivity contribution >= 4 is 17.6 Å². The molecular weight excluding hydrogens is 270 g/mol. The normalized spacial score (nSPS) is 9.76. The lowest BCUT2D eigenvalue weighted by atomic mass is 10.2. The first kappa shape index (κ1) is 14.5. The van der Waals surface area contributed by atoms with Crippen LogP contribution < -0.4 is 15.4 Å². The summed E-state index contributed by atoms with van der Waals surface area (Å²) < 4.78 is 5.17. The van der Waals surface area contributed by atoms with E-state index in [1.165, 1.54) is 6.20 Å². The van der Waals surface area contributed by atoms with Crippen molar-refractivity contribution < 1.29 is 14.3 Å². The van der Waals surface area contributed by atoms with Gasteiger partial charge in [-0.1, -0.05) is 24.3 Å². The number of methoxy groups -OCH3 is 1. The molecular formula is C15H15N3O3. The van der Waals surface area contributed by atoms with Crippen LogP contribution in [0.2, 0.25) is 0 Å². The van der Waals surface area contributed by atoms with Gasteiger partial charge in [0.05, 0.1) is 7.11 Å². The summed E-state index contributed by atoms with van der Waals surface area (Å²) in [5.41, 5.74) is 0.791. The number of pyridine rings is 1. The minimum absolute atomic E-state index is 0.207. The quantitative estimate of drug-likeness (QED) is 0.831. The Morgan fingerprint density at radius 2 is 1.86 bits per heavy atom. The third-order valence-corrected chi connectivity index (χ3v) is 2.74. The smallest absolute Gasteiger partial charge is 0.314 e. The number of hydrogen-bond acceptors (Lipinski definition) is 4. The molecule has 0 unspecified atom stereocenters. The number of carbonyl (C=O) groups excluding carboxylic acids is 2. The molecule has 0 atom stereocenters. The molecule has 2 rings (SSSR count). The molecule has 0 spiro atoms. The summed E-state index contributed by atoms with van der Waals surface area (Å²) in [5, 5.41) is 4.95. The largest absolute Gasteiger partial charge is 0.496 e. The van der Waals surface area contributed by atoms with Crippen LogP contribution >= 0.6 is 0 Å². The zero-order valence-corrected chi connectivity index (χ0v) is 11.5. The molecule has 0 fully saturated rings. The van der Waals surface area contributed by atoms with Crippen LogP contribution in [0.5, 0.6) is 5.75 Å². The molecule has 2 aromatic rings. The number of hydrogen-bond donors (Lipinski definition) is 2. The summed E-state index contributed by atoms with van der Waals surface area (Å²) in [6, 6.07) is 12.3. The SMILES string of the molecule is COc1ccccc1CNC(=O)C(=O)Nc1ccccn1. The van der Waals surface area contributed by atoms with E-state index in [9.17, 15) is 9.59 Å². The van der Waals surface area contributed by atoms with Gasteiger partial charge in [0.15, 0.2) is 0 Å². The van der Waals surface area contributed by atoms with Gasteiger partial charge in [0.1, 0.15) is 11.6 Å². The van der Waals surface area contributed by atoms with E-state index < -0.39 is 11.8 Å². The van der Waals surface area contributed by atoms with Crippen molar-refractivity contribution in [2.75, 3.05) is 12.4 Å². The maximum atomic E-state index is 11.7. The molecule has 0 radical (unpaired) electrons. The summed E-state index contributed by atoms with van der Waals surface area (Å²) >= 11 is 0. The predicted octanol–water partition coefficient (Wildman–Crippen LogP) is 1.35. The van der Waals surface area contributed by atoms with Crippen molar-refractivity contribution in [2.24, 2.45) is 0 Å². The molecule has 0 aliphatic heterocycles. The van der Waals surface area contributed by atoms with Crippen LogP contribution in [-0.2, 0) is 16.1 Å². The summed E-state index contributed by atoms with van der Waals surface area (Å²) in [7, 11) is 1.55. The molecule has 21 heavy (non-hydrogen) atoms. The summed E-state index contributed by atoms with van der Waals surface area (Å²) in [4.78, 5) is 27.3. The second kappa shape index (κ2) is 7.04. The average Bonchev–Trinajstić information content (AvgIpc) is 2.53. The highest BCUT2D eigenvalue weighted by Gasteiger charge is 2.14. The number of nitrogens with zero attached hydrogens (tertiary/aromatic N) is 1. The van der Waals surface area contributed by atoms with Gasteiger partial charge >= 0.3 is 11.8 Å². The van der Waals surface area contributed by atoms with Gasteiger partial charge in [-0.25, -0.2) is 4.98 Å². The molecule has 1 heterocycles. The highest BCUT2D eigenvalue weighted by atomic mass is 16.5. The van der Waals surface area contributed by atoms with Crippen LogP contribution in [0.25, 0.3) is 0 Å². The lowest BCUT2D eigenvalue weighted by Gasteiger charge is -2.09. The highest BCUT2D eigenvalue weighted by molar-refractivity contribution is 6.39. The van der Waals surface area contributed by atoms with E-state index in [1.807, 2.05) is 18.2 Å². The monoisotopic (exact) mass is 285 g/mol. The molecule has 0 aliphatic rings. The Balaban J connectivity index is 1.91. The second-order valence-electron chi connectivity index (χ2n) is 4.16. The number of benzene rings is 1. The van der Waals surface area contributed by atoms with Crippen LogP contribution in [0.1, 0.15) is 5.56 Å². The third kappa shape index (κ3) is 4.04. The lowest BCUT2D eigenvalue weighted by molar-refractivity contribution is -0.136. The molecule has 1 aromatic carbocycles. The van der Waals surface area contributed by atoms with Crippen molar-refractivity contribution in [3.05, 3.63) is 54.2 Å². The fraction of sp³-hybridized carbons (Fsp3) is 0.133. The van der Waals surface area contributed by atoms with Crippen molar-refractivity contribution in [3.63, 3.8) is 0 Å². The Morgan fingerprint density at radius 1 is 1.10 bits per heavy atom. The Kier molecular flexibility index (Phi) is 4.87. The number of carbonyl (C=O) groups is 2. The summed E-state index contributed by atoms with van der Waals surface area (Å²) in [5.74, 6) is -0.506. The summed E-state index contributed by atoms with van der Waals surface area (Å²) in [6.45, 7) is 0.207. The first-order chi connectivity index (χ1) is 10.2. The van der Waals surface area contributed by atoms with E-state index in [1.54, 1.807) is 31.4 Å².